The van der Waals surface area contributed by atoms with E-state index < -0.39 is 0 Å². The van der Waals surface area contributed by atoms with E-state index in [0.717, 1.165) is 23.4 Å². The molecule has 0 aliphatic heterocycles. The van der Waals surface area contributed by atoms with Crippen molar-refractivity contribution in [1.29, 1.82) is 0 Å². The van der Waals surface area contributed by atoms with Gasteiger partial charge in [-0.25, -0.2) is 0 Å². The van der Waals surface area contributed by atoms with Crippen molar-refractivity contribution in [2.45, 2.75) is 26.3 Å². The monoisotopic (exact) mass is 258 g/mol. The maximum Gasteiger partial charge on any atom is 0.141 e. The van der Waals surface area contributed by atoms with Crippen molar-refractivity contribution in [3.63, 3.8) is 0 Å². The summed E-state index contributed by atoms with van der Waals surface area (Å²) >= 11 is 0. The lowest BCUT2D eigenvalue weighted by Gasteiger charge is -2.06. The number of carbonyl (C=O) groups excluding carboxylic acids is 1. The number of para-hydroxylation sites is 1. The van der Waals surface area contributed by atoms with Crippen molar-refractivity contribution in [2.75, 3.05) is 7.11 Å². The number of hydrogen-bond donors (Lipinski definition) is 0. The summed E-state index contributed by atoms with van der Waals surface area (Å²) in [6.07, 6.45) is 4.48. The van der Waals surface area contributed by atoms with Crippen molar-refractivity contribution in [2.24, 2.45) is 0 Å². The number of rotatable bonds is 6. The van der Waals surface area contributed by atoms with Gasteiger partial charge in [-0.05, 0) is 18.6 Å². The first-order valence-corrected chi connectivity index (χ1v) is 6.38. The van der Waals surface area contributed by atoms with Crippen LogP contribution in [0.25, 0.3) is 0 Å². The van der Waals surface area contributed by atoms with Gasteiger partial charge in [0.2, 0.25) is 0 Å². The zero-order chi connectivity index (χ0) is 13.7. The number of methoxy groups -OCH3 is 1. The summed E-state index contributed by atoms with van der Waals surface area (Å²) in [4.78, 5) is 12.1. The zero-order valence-corrected chi connectivity index (χ0v) is 11.3. The Kier molecular flexibility index (Phi) is 4.34. The standard InChI is InChI=1S/C15H18N2O2/c1-3-17-11-12(10-16-17)8-14(18)9-13-6-4-5-7-15(13)19-2/h4-7,10-11H,3,8-9H2,1-2H3. The third-order valence-electron chi connectivity index (χ3n) is 2.99. The van der Waals surface area contributed by atoms with Gasteiger partial charge in [0.25, 0.3) is 0 Å². The third kappa shape index (κ3) is 3.44. The summed E-state index contributed by atoms with van der Waals surface area (Å²) in [6, 6.07) is 7.61. The number of aryl methyl sites for hydroxylation is 1. The van der Waals surface area contributed by atoms with Crippen molar-refractivity contribution >= 4 is 5.78 Å². The smallest absolute Gasteiger partial charge is 0.141 e. The predicted molar refractivity (Wildman–Crippen MR) is 73.3 cm³/mol. The predicted octanol–water partition coefficient (Wildman–Crippen LogP) is 2.27. The zero-order valence-electron chi connectivity index (χ0n) is 11.3. The first kappa shape index (κ1) is 13.3. The third-order valence-corrected chi connectivity index (χ3v) is 2.99. The van der Waals surface area contributed by atoms with Crippen LogP contribution in [0.4, 0.5) is 0 Å². The molecule has 0 N–H and O–H groups in total. The average Bonchev–Trinajstić information content (AvgIpc) is 2.87. The molecule has 0 aliphatic rings. The summed E-state index contributed by atoms with van der Waals surface area (Å²) in [6.45, 7) is 2.84. The lowest BCUT2D eigenvalue weighted by atomic mass is 10.0. The van der Waals surface area contributed by atoms with E-state index >= 15 is 0 Å². The first-order valence-electron chi connectivity index (χ1n) is 6.38. The van der Waals surface area contributed by atoms with Gasteiger partial charge in [-0.3, -0.25) is 9.48 Å². The van der Waals surface area contributed by atoms with Crippen LogP contribution in [0.5, 0.6) is 5.75 Å². The summed E-state index contributed by atoms with van der Waals surface area (Å²) in [5, 5.41) is 4.17. The van der Waals surface area contributed by atoms with Gasteiger partial charge in [-0.1, -0.05) is 18.2 Å². The van der Waals surface area contributed by atoms with Crippen LogP contribution < -0.4 is 4.74 Å². The van der Waals surface area contributed by atoms with Crippen LogP contribution in [0.2, 0.25) is 0 Å². The Morgan fingerprint density at radius 2 is 2.11 bits per heavy atom. The van der Waals surface area contributed by atoms with Crippen LogP contribution in [-0.4, -0.2) is 22.7 Å². The normalized spacial score (nSPS) is 10.4. The Bertz CT molecular complexity index is 561. The van der Waals surface area contributed by atoms with Crippen molar-refractivity contribution in [3.8, 4) is 5.75 Å². The molecular weight excluding hydrogens is 240 g/mol. The fourth-order valence-corrected chi connectivity index (χ4v) is 2.02. The van der Waals surface area contributed by atoms with Gasteiger partial charge in [0.1, 0.15) is 11.5 Å². The van der Waals surface area contributed by atoms with E-state index in [0.29, 0.717) is 12.8 Å². The fourth-order valence-electron chi connectivity index (χ4n) is 2.02. The molecule has 19 heavy (non-hydrogen) atoms. The Balaban J connectivity index is 2.01. The second-order valence-corrected chi connectivity index (χ2v) is 4.41. The second kappa shape index (κ2) is 6.18. The second-order valence-electron chi connectivity index (χ2n) is 4.41. The molecule has 0 unspecified atom stereocenters. The van der Waals surface area contributed by atoms with Crippen LogP contribution in [0.1, 0.15) is 18.1 Å². The topological polar surface area (TPSA) is 44.1 Å². The molecule has 0 saturated heterocycles. The van der Waals surface area contributed by atoms with Gasteiger partial charge in [0, 0.05) is 31.1 Å². The SMILES string of the molecule is CCn1cc(CC(=O)Cc2ccccc2OC)cn1. The number of hydrogen-bond acceptors (Lipinski definition) is 3. The molecule has 2 aromatic rings. The molecule has 2 rings (SSSR count). The quantitative estimate of drug-likeness (QED) is 0.798. The number of benzene rings is 1. The van der Waals surface area contributed by atoms with Gasteiger partial charge in [-0.2, -0.15) is 5.10 Å². The molecule has 0 aliphatic carbocycles. The number of aromatic nitrogens is 2. The van der Waals surface area contributed by atoms with E-state index in [9.17, 15) is 4.79 Å². The average molecular weight is 258 g/mol. The van der Waals surface area contributed by atoms with Crippen LogP contribution in [0, 0.1) is 0 Å². The molecule has 0 radical (unpaired) electrons. The highest BCUT2D eigenvalue weighted by atomic mass is 16.5. The van der Waals surface area contributed by atoms with Gasteiger partial charge in [0.15, 0.2) is 0 Å². The minimum absolute atomic E-state index is 0.167. The first-order chi connectivity index (χ1) is 9.22. The number of nitrogens with zero attached hydrogens (tertiary/aromatic N) is 2. The molecule has 0 bridgehead atoms. The number of ether oxygens (including phenoxy) is 1. The van der Waals surface area contributed by atoms with Gasteiger partial charge in [-0.15, -0.1) is 0 Å². The summed E-state index contributed by atoms with van der Waals surface area (Å²) in [5.41, 5.74) is 1.89. The number of ketones is 1. The minimum Gasteiger partial charge on any atom is -0.496 e. The largest absolute Gasteiger partial charge is 0.496 e. The van der Waals surface area contributed by atoms with E-state index in [-0.39, 0.29) is 5.78 Å². The summed E-state index contributed by atoms with van der Waals surface area (Å²) in [7, 11) is 1.62. The molecule has 0 amide bonds. The van der Waals surface area contributed by atoms with Gasteiger partial charge >= 0.3 is 0 Å². The van der Waals surface area contributed by atoms with E-state index in [1.807, 2.05) is 42.1 Å². The lowest BCUT2D eigenvalue weighted by molar-refractivity contribution is -0.117. The Labute approximate surface area is 113 Å². The van der Waals surface area contributed by atoms with Crippen molar-refractivity contribution in [3.05, 3.63) is 47.8 Å². The Hall–Kier alpha value is -2.10. The van der Waals surface area contributed by atoms with E-state index in [1.165, 1.54) is 0 Å². The highest BCUT2D eigenvalue weighted by Gasteiger charge is 2.10. The number of carbonyl (C=O) groups is 1. The van der Waals surface area contributed by atoms with Gasteiger partial charge < -0.3 is 4.74 Å². The van der Waals surface area contributed by atoms with E-state index in [1.54, 1.807) is 13.3 Å². The van der Waals surface area contributed by atoms with Crippen molar-refractivity contribution < 1.29 is 9.53 Å². The van der Waals surface area contributed by atoms with Gasteiger partial charge in [0.05, 0.1) is 13.3 Å². The fraction of sp³-hybridized carbons (Fsp3) is 0.333. The van der Waals surface area contributed by atoms with Crippen LogP contribution >= 0.6 is 0 Å². The molecule has 100 valence electrons. The van der Waals surface area contributed by atoms with Crippen LogP contribution in [-0.2, 0) is 24.2 Å². The molecule has 0 atom stereocenters. The Morgan fingerprint density at radius 1 is 1.32 bits per heavy atom. The maximum absolute atomic E-state index is 12.1. The highest BCUT2D eigenvalue weighted by Crippen LogP contribution is 2.18. The van der Waals surface area contributed by atoms with Crippen molar-refractivity contribution in [1.82, 2.24) is 9.78 Å². The Morgan fingerprint density at radius 3 is 2.79 bits per heavy atom. The molecule has 0 spiro atoms. The molecule has 0 saturated carbocycles. The summed E-state index contributed by atoms with van der Waals surface area (Å²) < 4.78 is 7.07. The molecule has 4 nitrogen and oxygen atoms in total. The van der Waals surface area contributed by atoms with Crippen LogP contribution in [0.15, 0.2) is 36.7 Å². The minimum atomic E-state index is 0.167. The molecular formula is C15H18N2O2. The molecule has 1 heterocycles. The number of Topliss-reactive ketones (excluding diaryl/α,β-unsaturated/α-hetero) is 1. The molecule has 1 aromatic heterocycles. The van der Waals surface area contributed by atoms with E-state index in [2.05, 4.69) is 5.10 Å². The molecule has 0 fully saturated rings. The highest BCUT2D eigenvalue weighted by molar-refractivity contribution is 5.83. The van der Waals surface area contributed by atoms with E-state index in [4.69, 9.17) is 4.74 Å². The molecule has 1 aromatic carbocycles. The molecule has 4 heteroatoms. The maximum atomic E-state index is 12.1. The summed E-state index contributed by atoms with van der Waals surface area (Å²) in [5.74, 6) is 0.931. The van der Waals surface area contributed by atoms with Crippen LogP contribution in [0.3, 0.4) is 0 Å². The lowest BCUT2D eigenvalue weighted by Crippen LogP contribution is -2.07.